The summed E-state index contributed by atoms with van der Waals surface area (Å²) in [7, 11) is 0. The van der Waals surface area contributed by atoms with Gasteiger partial charge in [0.25, 0.3) is 5.91 Å². The highest BCUT2D eigenvalue weighted by Crippen LogP contribution is 2.37. The van der Waals surface area contributed by atoms with Crippen molar-refractivity contribution in [2.75, 3.05) is 6.54 Å². The van der Waals surface area contributed by atoms with E-state index in [2.05, 4.69) is 4.90 Å². The third kappa shape index (κ3) is 2.05. The number of hydrogen-bond acceptors (Lipinski definition) is 1. The molecular weight excluding hydrogens is 222 g/mol. The van der Waals surface area contributed by atoms with Gasteiger partial charge in [-0.2, -0.15) is 0 Å². The van der Waals surface area contributed by atoms with Crippen LogP contribution in [0.2, 0.25) is 0 Å². The van der Waals surface area contributed by atoms with Gasteiger partial charge in [0.05, 0.1) is 0 Å². The Balaban J connectivity index is 1.78. The summed E-state index contributed by atoms with van der Waals surface area (Å²) in [5, 5.41) is 0. The molecular formula is C16H21NO. The van der Waals surface area contributed by atoms with Crippen LogP contribution in [0.3, 0.4) is 0 Å². The molecule has 1 aromatic rings. The molecule has 2 nitrogen and oxygen atoms in total. The third-order valence-corrected chi connectivity index (χ3v) is 4.52. The van der Waals surface area contributed by atoms with Crippen LogP contribution in [0.25, 0.3) is 0 Å². The average molecular weight is 243 g/mol. The zero-order valence-corrected chi connectivity index (χ0v) is 11.1. The van der Waals surface area contributed by atoms with E-state index < -0.39 is 0 Å². The maximum atomic E-state index is 12.6. The molecule has 1 unspecified atom stereocenters. The molecule has 18 heavy (non-hydrogen) atoms. The van der Waals surface area contributed by atoms with Crippen molar-refractivity contribution in [1.29, 1.82) is 0 Å². The standard InChI is InChI=1S/C16H21NO/c1-12-5-2-8-14(11-12)16(18)17-10-4-9-15(17)13-6-3-7-13/h2,5,8,11,13,15H,3-4,6-7,9-10H2,1H3. The normalized spacial score (nSPS) is 24.1. The average Bonchev–Trinajstić information content (AvgIpc) is 2.74. The van der Waals surface area contributed by atoms with Crippen molar-refractivity contribution in [2.45, 2.75) is 45.1 Å². The van der Waals surface area contributed by atoms with Crippen LogP contribution in [0.4, 0.5) is 0 Å². The van der Waals surface area contributed by atoms with E-state index in [1.165, 1.54) is 37.7 Å². The summed E-state index contributed by atoms with van der Waals surface area (Å²) in [6.45, 7) is 3.00. The van der Waals surface area contributed by atoms with E-state index in [1.807, 2.05) is 31.2 Å². The maximum Gasteiger partial charge on any atom is 0.254 e. The van der Waals surface area contributed by atoms with E-state index in [4.69, 9.17) is 0 Å². The number of rotatable bonds is 2. The number of likely N-dealkylation sites (tertiary alicyclic amines) is 1. The van der Waals surface area contributed by atoms with Gasteiger partial charge in [0.2, 0.25) is 0 Å². The molecule has 1 aromatic carbocycles. The van der Waals surface area contributed by atoms with Gasteiger partial charge in [-0.05, 0) is 50.7 Å². The molecule has 3 rings (SSSR count). The van der Waals surface area contributed by atoms with Crippen LogP contribution < -0.4 is 0 Å². The molecule has 1 aliphatic carbocycles. The Kier molecular flexibility index (Phi) is 3.11. The number of nitrogens with zero attached hydrogens (tertiary/aromatic N) is 1. The van der Waals surface area contributed by atoms with E-state index >= 15 is 0 Å². The van der Waals surface area contributed by atoms with Crippen LogP contribution in [0.1, 0.15) is 48.0 Å². The first-order valence-electron chi connectivity index (χ1n) is 7.13. The number of aryl methyl sites for hydroxylation is 1. The van der Waals surface area contributed by atoms with Crippen molar-refractivity contribution in [3.8, 4) is 0 Å². The first-order chi connectivity index (χ1) is 8.75. The molecule has 1 saturated carbocycles. The van der Waals surface area contributed by atoms with E-state index in [0.29, 0.717) is 6.04 Å². The molecule has 0 radical (unpaired) electrons. The minimum absolute atomic E-state index is 0.244. The lowest BCUT2D eigenvalue weighted by atomic mass is 9.78. The molecule has 1 aliphatic heterocycles. The Bertz CT molecular complexity index is 450. The third-order valence-electron chi connectivity index (χ3n) is 4.52. The Morgan fingerprint density at radius 1 is 1.22 bits per heavy atom. The van der Waals surface area contributed by atoms with Crippen molar-refractivity contribution in [3.05, 3.63) is 35.4 Å². The molecule has 0 bridgehead atoms. The molecule has 2 heteroatoms. The number of carbonyl (C=O) groups is 1. The Labute approximate surface area is 109 Å². The van der Waals surface area contributed by atoms with Crippen LogP contribution in [0.5, 0.6) is 0 Å². The van der Waals surface area contributed by atoms with Gasteiger partial charge in [-0.1, -0.05) is 24.1 Å². The predicted molar refractivity (Wildman–Crippen MR) is 72.6 cm³/mol. The SMILES string of the molecule is Cc1cccc(C(=O)N2CCCC2C2CCC2)c1. The number of carbonyl (C=O) groups excluding carboxylic acids is 1. The summed E-state index contributed by atoms with van der Waals surface area (Å²) in [6, 6.07) is 8.51. The minimum atomic E-state index is 0.244. The fraction of sp³-hybridized carbons (Fsp3) is 0.562. The molecule has 0 N–H and O–H groups in total. The van der Waals surface area contributed by atoms with Crippen LogP contribution in [-0.2, 0) is 0 Å². The van der Waals surface area contributed by atoms with Crippen LogP contribution >= 0.6 is 0 Å². The van der Waals surface area contributed by atoms with Gasteiger partial charge < -0.3 is 4.90 Å². The summed E-state index contributed by atoms with van der Waals surface area (Å²) in [4.78, 5) is 14.7. The van der Waals surface area contributed by atoms with Crippen LogP contribution in [0.15, 0.2) is 24.3 Å². The number of amides is 1. The largest absolute Gasteiger partial charge is 0.335 e. The molecule has 1 heterocycles. The van der Waals surface area contributed by atoms with Crippen molar-refractivity contribution in [2.24, 2.45) is 5.92 Å². The second kappa shape index (κ2) is 4.75. The Morgan fingerprint density at radius 3 is 2.72 bits per heavy atom. The maximum absolute atomic E-state index is 12.6. The lowest BCUT2D eigenvalue weighted by Gasteiger charge is -2.37. The first kappa shape index (κ1) is 11.8. The van der Waals surface area contributed by atoms with Gasteiger partial charge >= 0.3 is 0 Å². The molecule has 1 atom stereocenters. The van der Waals surface area contributed by atoms with Gasteiger partial charge in [-0.3, -0.25) is 4.79 Å². The Hall–Kier alpha value is -1.31. The number of hydrogen-bond donors (Lipinski definition) is 0. The Morgan fingerprint density at radius 2 is 2.06 bits per heavy atom. The van der Waals surface area contributed by atoms with Gasteiger partial charge in [-0.25, -0.2) is 0 Å². The summed E-state index contributed by atoms with van der Waals surface area (Å²) in [6.07, 6.45) is 6.39. The zero-order chi connectivity index (χ0) is 12.5. The van der Waals surface area contributed by atoms with Crippen LogP contribution in [-0.4, -0.2) is 23.4 Å². The molecule has 2 fully saturated rings. The highest BCUT2D eigenvalue weighted by molar-refractivity contribution is 5.94. The van der Waals surface area contributed by atoms with Gasteiger partial charge in [-0.15, -0.1) is 0 Å². The highest BCUT2D eigenvalue weighted by Gasteiger charge is 2.37. The molecule has 0 aromatic heterocycles. The first-order valence-corrected chi connectivity index (χ1v) is 7.13. The van der Waals surface area contributed by atoms with E-state index in [-0.39, 0.29) is 5.91 Å². The molecule has 0 spiro atoms. The highest BCUT2D eigenvalue weighted by atomic mass is 16.2. The van der Waals surface area contributed by atoms with Crippen molar-refractivity contribution in [3.63, 3.8) is 0 Å². The topological polar surface area (TPSA) is 20.3 Å². The fourth-order valence-corrected chi connectivity index (χ4v) is 3.30. The van der Waals surface area contributed by atoms with E-state index in [0.717, 1.165) is 18.0 Å². The van der Waals surface area contributed by atoms with Gasteiger partial charge in [0, 0.05) is 18.2 Å². The quantitative estimate of drug-likeness (QED) is 0.779. The fourth-order valence-electron chi connectivity index (χ4n) is 3.30. The van der Waals surface area contributed by atoms with Crippen molar-refractivity contribution < 1.29 is 4.79 Å². The van der Waals surface area contributed by atoms with Gasteiger partial charge in [0.1, 0.15) is 0 Å². The summed E-state index contributed by atoms with van der Waals surface area (Å²) in [5.74, 6) is 1.02. The summed E-state index contributed by atoms with van der Waals surface area (Å²) >= 11 is 0. The zero-order valence-electron chi connectivity index (χ0n) is 11.1. The molecule has 1 saturated heterocycles. The van der Waals surface area contributed by atoms with E-state index in [1.54, 1.807) is 0 Å². The molecule has 1 amide bonds. The van der Waals surface area contributed by atoms with Crippen molar-refractivity contribution in [1.82, 2.24) is 4.90 Å². The smallest absolute Gasteiger partial charge is 0.254 e. The summed E-state index contributed by atoms with van der Waals surface area (Å²) in [5.41, 5.74) is 2.03. The molecule has 2 aliphatic rings. The predicted octanol–water partition coefficient (Wildman–Crippen LogP) is 3.40. The van der Waals surface area contributed by atoms with Crippen LogP contribution in [0, 0.1) is 12.8 Å². The van der Waals surface area contributed by atoms with Crippen molar-refractivity contribution >= 4 is 5.91 Å². The lowest BCUT2D eigenvalue weighted by molar-refractivity contribution is 0.0626. The second-order valence-corrected chi connectivity index (χ2v) is 5.77. The minimum Gasteiger partial charge on any atom is -0.335 e. The lowest BCUT2D eigenvalue weighted by Crippen LogP contribution is -2.42. The molecule has 96 valence electrons. The number of benzene rings is 1. The van der Waals surface area contributed by atoms with E-state index in [9.17, 15) is 4.79 Å². The summed E-state index contributed by atoms with van der Waals surface area (Å²) < 4.78 is 0. The van der Waals surface area contributed by atoms with Gasteiger partial charge in [0.15, 0.2) is 0 Å². The monoisotopic (exact) mass is 243 g/mol. The second-order valence-electron chi connectivity index (χ2n) is 5.77.